The predicted molar refractivity (Wildman–Crippen MR) is 93.2 cm³/mol. The standard InChI is InChI=1S/C19H19N3O2/c1-24-16-10-5-2-7-13(16)19(11-6-12-19)17(23)22-18-20-14-8-3-4-9-15(14)21-18/h2-5,7-10H,6,11-12H2,1H3,(H2,20,21,22,23). The first-order chi connectivity index (χ1) is 11.7. The van der Waals surface area contributed by atoms with Crippen molar-refractivity contribution in [2.24, 2.45) is 0 Å². The molecule has 0 unspecified atom stereocenters. The van der Waals surface area contributed by atoms with Gasteiger partial charge in [-0.3, -0.25) is 10.1 Å². The fraction of sp³-hybridized carbons (Fsp3) is 0.263. The Hall–Kier alpha value is -2.82. The first-order valence-electron chi connectivity index (χ1n) is 8.13. The number of nitrogens with one attached hydrogen (secondary N) is 2. The van der Waals surface area contributed by atoms with E-state index < -0.39 is 5.41 Å². The number of benzene rings is 2. The summed E-state index contributed by atoms with van der Waals surface area (Å²) in [5.41, 5.74) is 2.17. The van der Waals surface area contributed by atoms with Crippen LogP contribution >= 0.6 is 0 Å². The van der Waals surface area contributed by atoms with Crippen molar-refractivity contribution >= 4 is 22.9 Å². The zero-order valence-electron chi connectivity index (χ0n) is 13.5. The lowest BCUT2D eigenvalue weighted by Gasteiger charge is -2.41. The molecule has 1 aliphatic rings. The summed E-state index contributed by atoms with van der Waals surface area (Å²) in [6, 6.07) is 15.5. The smallest absolute Gasteiger partial charge is 0.237 e. The van der Waals surface area contributed by atoms with Gasteiger partial charge in [-0.2, -0.15) is 0 Å². The van der Waals surface area contributed by atoms with Crippen molar-refractivity contribution in [3.05, 3.63) is 54.1 Å². The lowest BCUT2D eigenvalue weighted by Crippen LogP contribution is -2.46. The predicted octanol–water partition coefficient (Wildman–Crippen LogP) is 3.63. The van der Waals surface area contributed by atoms with Crippen molar-refractivity contribution in [1.29, 1.82) is 0 Å². The Morgan fingerprint density at radius 1 is 1.17 bits per heavy atom. The first-order valence-corrected chi connectivity index (χ1v) is 8.13. The Morgan fingerprint density at radius 3 is 2.62 bits per heavy atom. The van der Waals surface area contributed by atoms with Gasteiger partial charge in [0.2, 0.25) is 11.9 Å². The third-order valence-electron chi connectivity index (χ3n) is 4.89. The molecule has 0 aliphatic heterocycles. The van der Waals surface area contributed by atoms with Gasteiger partial charge in [0, 0.05) is 5.56 Å². The number of carbonyl (C=O) groups is 1. The number of hydrogen-bond donors (Lipinski definition) is 2. The fourth-order valence-corrected chi connectivity index (χ4v) is 3.43. The Balaban J connectivity index is 1.66. The van der Waals surface area contributed by atoms with Gasteiger partial charge in [0.05, 0.1) is 23.6 Å². The van der Waals surface area contributed by atoms with E-state index in [2.05, 4.69) is 15.3 Å². The Kier molecular flexibility index (Phi) is 3.49. The summed E-state index contributed by atoms with van der Waals surface area (Å²) in [5, 5.41) is 2.96. The average molecular weight is 321 g/mol. The molecule has 1 heterocycles. The van der Waals surface area contributed by atoms with E-state index in [4.69, 9.17) is 4.74 Å². The highest BCUT2D eigenvalue weighted by Crippen LogP contribution is 2.47. The third kappa shape index (κ3) is 2.24. The molecule has 1 aromatic heterocycles. The molecule has 5 nitrogen and oxygen atoms in total. The van der Waals surface area contributed by atoms with E-state index in [1.807, 2.05) is 48.5 Å². The summed E-state index contributed by atoms with van der Waals surface area (Å²) in [6.07, 6.45) is 2.67. The summed E-state index contributed by atoms with van der Waals surface area (Å²) in [6.45, 7) is 0. The third-order valence-corrected chi connectivity index (χ3v) is 4.89. The number of anilines is 1. The molecule has 2 aromatic carbocycles. The van der Waals surface area contributed by atoms with Crippen molar-refractivity contribution in [3.8, 4) is 5.75 Å². The topological polar surface area (TPSA) is 67.0 Å². The summed E-state index contributed by atoms with van der Waals surface area (Å²) in [4.78, 5) is 20.6. The van der Waals surface area contributed by atoms with E-state index in [1.165, 1.54) is 0 Å². The van der Waals surface area contributed by atoms with E-state index in [9.17, 15) is 4.79 Å². The number of para-hydroxylation sites is 3. The molecule has 0 spiro atoms. The van der Waals surface area contributed by atoms with Crippen molar-refractivity contribution in [2.75, 3.05) is 12.4 Å². The maximum absolute atomic E-state index is 13.0. The molecule has 122 valence electrons. The number of ether oxygens (including phenoxy) is 1. The SMILES string of the molecule is COc1ccccc1C1(C(=O)Nc2nc3ccccc3[nH]2)CCC1. The molecular weight excluding hydrogens is 302 g/mol. The maximum Gasteiger partial charge on any atom is 0.237 e. The van der Waals surface area contributed by atoms with Crippen LogP contribution in [0.25, 0.3) is 11.0 Å². The lowest BCUT2D eigenvalue weighted by atomic mass is 9.63. The Bertz CT molecular complexity index is 863. The monoisotopic (exact) mass is 321 g/mol. The highest BCUT2D eigenvalue weighted by Gasteiger charge is 2.47. The Labute approximate surface area is 140 Å². The van der Waals surface area contributed by atoms with Gasteiger partial charge in [-0.1, -0.05) is 36.8 Å². The zero-order chi connectivity index (χ0) is 16.6. The summed E-state index contributed by atoms with van der Waals surface area (Å²) in [7, 11) is 1.64. The van der Waals surface area contributed by atoms with Gasteiger partial charge in [-0.05, 0) is 31.0 Å². The molecule has 1 amide bonds. The number of aromatic amines is 1. The molecule has 2 N–H and O–H groups in total. The fourth-order valence-electron chi connectivity index (χ4n) is 3.43. The summed E-state index contributed by atoms with van der Waals surface area (Å²) >= 11 is 0. The molecule has 24 heavy (non-hydrogen) atoms. The number of aromatic nitrogens is 2. The number of fused-ring (bicyclic) bond motifs is 1. The number of carbonyl (C=O) groups excluding carboxylic acids is 1. The minimum Gasteiger partial charge on any atom is -0.496 e. The number of methoxy groups -OCH3 is 1. The lowest BCUT2D eigenvalue weighted by molar-refractivity contribution is -0.124. The van der Waals surface area contributed by atoms with E-state index in [1.54, 1.807) is 7.11 Å². The molecular formula is C19H19N3O2. The van der Waals surface area contributed by atoms with Gasteiger partial charge in [0.1, 0.15) is 5.75 Å². The Morgan fingerprint density at radius 2 is 1.92 bits per heavy atom. The molecule has 0 radical (unpaired) electrons. The van der Waals surface area contributed by atoms with E-state index in [0.29, 0.717) is 5.95 Å². The van der Waals surface area contributed by atoms with Crippen LogP contribution in [-0.2, 0) is 10.2 Å². The minimum atomic E-state index is -0.536. The van der Waals surface area contributed by atoms with Gasteiger partial charge >= 0.3 is 0 Å². The molecule has 0 saturated heterocycles. The van der Waals surface area contributed by atoms with Crippen molar-refractivity contribution in [1.82, 2.24) is 9.97 Å². The van der Waals surface area contributed by atoms with Crippen LogP contribution < -0.4 is 10.1 Å². The summed E-state index contributed by atoms with van der Waals surface area (Å²) in [5.74, 6) is 1.22. The minimum absolute atomic E-state index is 0.0303. The van der Waals surface area contributed by atoms with Crippen LogP contribution in [0.15, 0.2) is 48.5 Å². The molecule has 3 aromatic rings. The second-order valence-electron chi connectivity index (χ2n) is 6.19. The van der Waals surface area contributed by atoms with Gasteiger partial charge in [-0.25, -0.2) is 4.98 Å². The van der Waals surface area contributed by atoms with Crippen molar-refractivity contribution in [3.63, 3.8) is 0 Å². The second kappa shape index (κ2) is 5.67. The van der Waals surface area contributed by atoms with Crippen LogP contribution in [0.3, 0.4) is 0 Å². The van der Waals surface area contributed by atoms with Gasteiger partial charge in [-0.15, -0.1) is 0 Å². The molecule has 4 rings (SSSR count). The van der Waals surface area contributed by atoms with E-state index in [0.717, 1.165) is 41.6 Å². The summed E-state index contributed by atoms with van der Waals surface area (Å²) < 4.78 is 5.47. The number of amides is 1. The molecule has 1 aliphatic carbocycles. The van der Waals surface area contributed by atoms with Crippen molar-refractivity contribution in [2.45, 2.75) is 24.7 Å². The van der Waals surface area contributed by atoms with Crippen LogP contribution in [-0.4, -0.2) is 23.0 Å². The van der Waals surface area contributed by atoms with Gasteiger partial charge in [0.15, 0.2) is 0 Å². The van der Waals surface area contributed by atoms with Crippen LogP contribution in [0.1, 0.15) is 24.8 Å². The first kappa shape index (κ1) is 14.8. The quantitative estimate of drug-likeness (QED) is 0.771. The second-order valence-corrected chi connectivity index (χ2v) is 6.19. The van der Waals surface area contributed by atoms with E-state index >= 15 is 0 Å². The number of rotatable bonds is 4. The molecule has 0 bridgehead atoms. The van der Waals surface area contributed by atoms with Crippen LogP contribution in [0.2, 0.25) is 0 Å². The highest BCUT2D eigenvalue weighted by atomic mass is 16.5. The average Bonchev–Trinajstić information content (AvgIpc) is 2.96. The van der Waals surface area contributed by atoms with Crippen LogP contribution in [0.5, 0.6) is 5.75 Å². The molecule has 0 atom stereocenters. The number of hydrogen-bond acceptors (Lipinski definition) is 3. The largest absolute Gasteiger partial charge is 0.496 e. The molecule has 5 heteroatoms. The van der Waals surface area contributed by atoms with Gasteiger partial charge in [0.25, 0.3) is 0 Å². The highest BCUT2D eigenvalue weighted by molar-refractivity contribution is 6.00. The normalized spacial score (nSPS) is 15.7. The zero-order valence-corrected chi connectivity index (χ0v) is 13.5. The number of nitrogens with zero attached hydrogens (tertiary/aromatic N) is 1. The molecule has 1 saturated carbocycles. The van der Waals surface area contributed by atoms with Crippen LogP contribution in [0, 0.1) is 0 Å². The maximum atomic E-state index is 13.0. The van der Waals surface area contributed by atoms with E-state index in [-0.39, 0.29) is 5.91 Å². The number of H-pyrrole nitrogens is 1. The van der Waals surface area contributed by atoms with Crippen molar-refractivity contribution < 1.29 is 9.53 Å². The van der Waals surface area contributed by atoms with Crippen LogP contribution in [0.4, 0.5) is 5.95 Å². The van der Waals surface area contributed by atoms with Gasteiger partial charge < -0.3 is 9.72 Å². The number of imidazole rings is 1. The molecule has 1 fully saturated rings.